The second-order valence-electron chi connectivity index (χ2n) is 13.7. The molecule has 3 nitrogen and oxygen atoms in total. The number of hydrogen-bond acceptors (Lipinski definition) is 3. The van der Waals surface area contributed by atoms with Crippen LogP contribution in [0.3, 0.4) is 0 Å². The standard InChI is InChI=1S/C28H44O3/c1-17-9-11-25(4)13-14-26(5)18-7-8-20-24(2,3)22(30)10-12-27(20,6)23(18)19(29)15-21(26)28(25,31)16-17/h15,17-18,20,22-23,30-31H,7-14,16H2,1-6H3/t17-,18?,20+,22+,23-,25-,26+,27+,28-/m1/s1. The van der Waals surface area contributed by atoms with Crippen molar-refractivity contribution in [3.8, 4) is 0 Å². The number of carbonyl (C=O) groups is 1. The fourth-order valence-corrected chi connectivity index (χ4v) is 9.77. The SMILES string of the molecule is C[C@@H]1CC[C@]2(C)CC[C@]3(C)C(=CC(=O)[C@H]4C3CC[C@H]3C(C)(C)[C@@H](O)CC[C@]43C)[C@]2(O)C1. The van der Waals surface area contributed by atoms with E-state index in [1.807, 2.05) is 6.08 Å². The molecule has 0 spiro atoms. The van der Waals surface area contributed by atoms with Crippen molar-refractivity contribution in [2.24, 2.45) is 45.3 Å². The zero-order valence-electron chi connectivity index (χ0n) is 20.6. The van der Waals surface area contributed by atoms with Crippen LogP contribution in [0.1, 0.15) is 99.3 Å². The summed E-state index contributed by atoms with van der Waals surface area (Å²) in [6, 6.07) is 0. The number of fused-ring (bicyclic) bond motifs is 7. The van der Waals surface area contributed by atoms with Gasteiger partial charge in [0.1, 0.15) is 0 Å². The van der Waals surface area contributed by atoms with Gasteiger partial charge in [-0.1, -0.05) is 41.5 Å². The maximum absolute atomic E-state index is 13.9. The molecular formula is C28H44O3. The van der Waals surface area contributed by atoms with Gasteiger partial charge < -0.3 is 10.2 Å². The smallest absolute Gasteiger partial charge is 0.159 e. The van der Waals surface area contributed by atoms with E-state index < -0.39 is 5.60 Å². The Morgan fingerprint density at radius 3 is 2.35 bits per heavy atom. The predicted molar refractivity (Wildman–Crippen MR) is 123 cm³/mol. The van der Waals surface area contributed by atoms with Gasteiger partial charge in [-0.3, -0.25) is 4.79 Å². The first-order valence-corrected chi connectivity index (χ1v) is 13.0. The minimum absolute atomic E-state index is 0.0285. The van der Waals surface area contributed by atoms with Crippen molar-refractivity contribution >= 4 is 5.78 Å². The zero-order chi connectivity index (χ0) is 22.6. The highest BCUT2D eigenvalue weighted by atomic mass is 16.3. The van der Waals surface area contributed by atoms with Gasteiger partial charge in [0.05, 0.1) is 11.7 Å². The van der Waals surface area contributed by atoms with Crippen molar-refractivity contribution in [1.29, 1.82) is 0 Å². The van der Waals surface area contributed by atoms with Crippen molar-refractivity contribution in [3.63, 3.8) is 0 Å². The second-order valence-corrected chi connectivity index (χ2v) is 13.7. The molecule has 3 heteroatoms. The van der Waals surface area contributed by atoms with Gasteiger partial charge in [-0.25, -0.2) is 0 Å². The molecule has 0 bridgehead atoms. The molecule has 5 rings (SSSR count). The van der Waals surface area contributed by atoms with Crippen LogP contribution < -0.4 is 0 Å². The second kappa shape index (κ2) is 6.47. The molecule has 1 unspecified atom stereocenters. The quantitative estimate of drug-likeness (QED) is 0.522. The molecule has 0 aliphatic heterocycles. The van der Waals surface area contributed by atoms with E-state index in [4.69, 9.17) is 0 Å². The lowest BCUT2D eigenvalue weighted by Crippen LogP contribution is -2.66. The summed E-state index contributed by atoms with van der Waals surface area (Å²) in [6.45, 7) is 13.7. The van der Waals surface area contributed by atoms with Gasteiger partial charge in [-0.2, -0.15) is 0 Å². The molecule has 0 radical (unpaired) electrons. The van der Waals surface area contributed by atoms with Gasteiger partial charge >= 0.3 is 0 Å². The predicted octanol–water partition coefficient (Wildman–Crippen LogP) is 5.68. The molecule has 5 aliphatic carbocycles. The topological polar surface area (TPSA) is 57.5 Å². The first kappa shape index (κ1) is 22.1. The summed E-state index contributed by atoms with van der Waals surface area (Å²) < 4.78 is 0. The number of aliphatic hydroxyl groups excluding tert-OH is 1. The Bertz CT molecular complexity index is 828. The van der Waals surface area contributed by atoms with Gasteiger partial charge in [0, 0.05) is 11.3 Å². The summed E-state index contributed by atoms with van der Waals surface area (Å²) in [4.78, 5) is 13.9. The molecule has 31 heavy (non-hydrogen) atoms. The van der Waals surface area contributed by atoms with Gasteiger partial charge in [0.25, 0.3) is 0 Å². The summed E-state index contributed by atoms with van der Waals surface area (Å²) in [5.74, 6) is 1.49. The number of allylic oxidation sites excluding steroid dienone is 1. The number of ketones is 1. The van der Waals surface area contributed by atoms with Crippen LogP contribution in [0.5, 0.6) is 0 Å². The third-order valence-electron chi connectivity index (χ3n) is 11.9. The van der Waals surface area contributed by atoms with Crippen LogP contribution in [0, 0.1) is 45.3 Å². The van der Waals surface area contributed by atoms with E-state index >= 15 is 0 Å². The van der Waals surface area contributed by atoms with Crippen LogP contribution in [-0.4, -0.2) is 27.7 Å². The van der Waals surface area contributed by atoms with Crippen molar-refractivity contribution in [2.45, 2.75) is 111 Å². The van der Waals surface area contributed by atoms with Crippen molar-refractivity contribution in [2.75, 3.05) is 0 Å². The van der Waals surface area contributed by atoms with E-state index in [-0.39, 0.29) is 39.5 Å². The molecule has 0 saturated heterocycles. The molecule has 0 aromatic heterocycles. The maximum atomic E-state index is 13.9. The van der Waals surface area contributed by atoms with E-state index in [0.717, 1.165) is 56.9 Å². The molecule has 0 amide bonds. The summed E-state index contributed by atoms with van der Waals surface area (Å²) in [6.07, 6.45) is 10.7. The van der Waals surface area contributed by atoms with Crippen LogP contribution in [0.4, 0.5) is 0 Å². The number of hydrogen-bond donors (Lipinski definition) is 2. The van der Waals surface area contributed by atoms with Gasteiger partial charge in [0.2, 0.25) is 0 Å². The molecule has 0 heterocycles. The van der Waals surface area contributed by atoms with Gasteiger partial charge in [-0.05, 0) is 103 Å². The first-order chi connectivity index (χ1) is 14.3. The number of rotatable bonds is 0. The summed E-state index contributed by atoms with van der Waals surface area (Å²) in [5, 5.41) is 23.0. The highest BCUT2D eigenvalue weighted by molar-refractivity contribution is 5.95. The fourth-order valence-electron chi connectivity index (χ4n) is 9.77. The highest BCUT2D eigenvalue weighted by Gasteiger charge is 2.68. The van der Waals surface area contributed by atoms with Crippen LogP contribution in [0.15, 0.2) is 11.6 Å². The van der Waals surface area contributed by atoms with E-state index in [2.05, 4.69) is 41.5 Å². The summed E-state index contributed by atoms with van der Waals surface area (Å²) in [7, 11) is 0. The van der Waals surface area contributed by atoms with Gasteiger partial charge in [0.15, 0.2) is 5.78 Å². The Kier molecular flexibility index (Phi) is 4.62. The molecule has 5 aliphatic rings. The Morgan fingerprint density at radius 2 is 1.65 bits per heavy atom. The summed E-state index contributed by atoms with van der Waals surface area (Å²) >= 11 is 0. The Balaban J connectivity index is 1.61. The largest absolute Gasteiger partial charge is 0.393 e. The van der Waals surface area contributed by atoms with E-state index in [1.165, 1.54) is 6.42 Å². The normalized spacial score (nSPS) is 55.9. The molecule has 9 atom stereocenters. The van der Waals surface area contributed by atoms with Crippen LogP contribution in [0.25, 0.3) is 0 Å². The Hall–Kier alpha value is -0.670. The highest BCUT2D eigenvalue weighted by Crippen LogP contribution is 2.71. The molecular weight excluding hydrogens is 384 g/mol. The third-order valence-corrected chi connectivity index (χ3v) is 11.9. The van der Waals surface area contributed by atoms with Crippen LogP contribution in [-0.2, 0) is 4.79 Å². The van der Waals surface area contributed by atoms with Crippen molar-refractivity contribution < 1.29 is 15.0 Å². The molecule has 4 saturated carbocycles. The third kappa shape index (κ3) is 2.63. The van der Waals surface area contributed by atoms with Gasteiger partial charge in [-0.15, -0.1) is 0 Å². The average molecular weight is 429 g/mol. The zero-order valence-corrected chi connectivity index (χ0v) is 20.6. The first-order valence-electron chi connectivity index (χ1n) is 13.0. The maximum Gasteiger partial charge on any atom is 0.159 e. The fraction of sp³-hybridized carbons (Fsp3) is 0.893. The molecule has 2 N–H and O–H groups in total. The Morgan fingerprint density at radius 1 is 0.935 bits per heavy atom. The van der Waals surface area contributed by atoms with E-state index in [9.17, 15) is 15.0 Å². The summed E-state index contributed by atoms with van der Waals surface area (Å²) in [5.41, 5.74) is -0.141. The minimum Gasteiger partial charge on any atom is -0.393 e. The lowest BCUT2D eigenvalue weighted by Gasteiger charge is -2.67. The lowest BCUT2D eigenvalue weighted by molar-refractivity contribution is -0.189. The van der Waals surface area contributed by atoms with Crippen molar-refractivity contribution in [3.05, 3.63) is 11.6 Å². The number of aliphatic hydroxyl groups is 2. The molecule has 4 fully saturated rings. The lowest BCUT2D eigenvalue weighted by atomic mass is 9.37. The van der Waals surface area contributed by atoms with Crippen LogP contribution >= 0.6 is 0 Å². The molecule has 0 aromatic rings. The minimum atomic E-state index is -0.835. The average Bonchev–Trinajstić information content (AvgIpc) is 2.68. The van der Waals surface area contributed by atoms with Crippen molar-refractivity contribution in [1.82, 2.24) is 0 Å². The monoisotopic (exact) mass is 428 g/mol. The van der Waals surface area contributed by atoms with E-state index in [1.54, 1.807) is 0 Å². The Labute approximate surface area is 189 Å². The molecule has 174 valence electrons. The number of carbonyl (C=O) groups excluding carboxylic acids is 1. The molecule has 0 aromatic carbocycles. The van der Waals surface area contributed by atoms with Crippen LogP contribution in [0.2, 0.25) is 0 Å². The van der Waals surface area contributed by atoms with E-state index in [0.29, 0.717) is 17.8 Å².